The lowest BCUT2D eigenvalue weighted by Gasteiger charge is -2.10. The summed E-state index contributed by atoms with van der Waals surface area (Å²) in [5.41, 5.74) is 1.22. The van der Waals surface area contributed by atoms with Gasteiger partial charge in [0.05, 0.1) is 4.92 Å². The van der Waals surface area contributed by atoms with Crippen LogP contribution in [0.15, 0.2) is 54.6 Å². The van der Waals surface area contributed by atoms with Gasteiger partial charge in [0.1, 0.15) is 6.10 Å². The number of rotatable bonds is 3. The molecule has 0 aliphatic heterocycles. The van der Waals surface area contributed by atoms with Gasteiger partial charge in [-0.2, -0.15) is 0 Å². The summed E-state index contributed by atoms with van der Waals surface area (Å²) in [7, 11) is 0. The predicted molar refractivity (Wildman–Crippen MR) is 63.6 cm³/mol. The van der Waals surface area contributed by atoms with E-state index in [0.29, 0.717) is 11.1 Å². The normalized spacial score (nSPS) is 12.1. The van der Waals surface area contributed by atoms with Crippen LogP contribution in [0.1, 0.15) is 17.2 Å². The zero-order chi connectivity index (χ0) is 12.3. The second-order valence-corrected chi connectivity index (χ2v) is 3.67. The fraction of sp³-hybridized carbons (Fsp3) is 0.0769. The van der Waals surface area contributed by atoms with Crippen molar-refractivity contribution in [3.05, 3.63) is 75.8 Å². The van der Waals surface area contributed by atoms with E-state index >= 15 is 0 Å². The van der Waals surface area contributed by atoms with Crippen molar-refractivity contribution in [1.29, 1.82) is 0 Å². The van der Waals surface area contributed by atoms with Gasteiger partial charge in [0.15, 0.2) is 0 Å². The quantitative estimate of drug-likeness (QED) is 0.650. The van der Waals surface area contributed by atoms with E-state index in [1.54, 1.807) is 24.3 Å². The van der Waals surface area contributed by atoms with Crippen molar-refractivity contribution in [3.63, 3.8) is 0 Å². The molecule has 0 aromatic heterocycles. The maximum Gasteiger partial charge on any atom is 0.269 e. The van der Waals surface area contributed by atoms with Crippen molar-refractivity contribution in [3.8, 4) is 0 Å². The van der Waals surface area contributed by atoms with Crippen LogP contribution in [-0.2, 0) is 0 Å². The highest BCUT2D eigenvalue weighted by Gasteiger charge is 2.13. The second kappa shape index (κ2) is 4.76. The molecule has 4 nitrogen and oxygen atoms in total. The third kappa shape index (κ3) is 2.49. The first-order valence-corrected chi connectivity index (χ1v) is 5.16. The van der Waals surface area contributed by atoms with E-state index in [1.165, 1.54) is 12.1 Å². The fourth-order valence-electron chi connectivity index (χ4n) is 1.64. The molecule has 0 saturated heterocycles. The molecule has 4 heteroatoms. The average Bonchev–Trinajstić information content (AvgIpc) is 2.39. The van der Waals surface area contributed by atoms with Crippen molar-refractivity contribution in [2.75, 3.05) is 0 Å². The molecule has 0 aliphatic rings. The van der Waals surface area contributed by atoms with E-state index < -0.39 is 11.0 Å². The lowest BCUT2D eigenvalue weighted by atomic mass is 10.0. The number of benzene rings is 2. The lowest BCUT2D eigenvalue weighted by molar-refractivity contribution is -0.385. The Labute approximate surface area is 98.3 Å². The summed E-state index contributed by atoms with van der Waals surface area (Å²) in [5, 5.41) is 20.7. The first-order valence-electron chi connectivity index (χ1n) is 5.16. The number of hydrogen-bond acceptors (Lipinski definition) is 3. The van der Waals surface area contributed by atoms with Gasteiger partial charge in [-0.25, -0.2) is 0 Å². The SMILES string of the molecule is O=[N+]([O-])c1cccc(C(O)c2ccccc2)c1. The number of non-ortho nitro benzene ring substituents is 1. The molecule has 0 radical (unpaired) electrons. The second-order valence-electron chi connectivity index (χ2n) is 3.67. The Hall–Kier alpha value is -2.20. The molecule has 2 aromatic carbocycles. The zero-order valence-corrected chi connectivity index (χ0v) is 8.98. The van der Waals surface area contributed by atoms with Crippen LogP contribution in [0.5, 0.6) is 0 Å². The number of nitrogens with zero attached hydrogens (tertiary/aromatic N) is 1. The van der Waals surface area contributed by atoms with Gasteiger partial charge in [0.25, 0.3) is 5.69 Å². The molecule has 2 aromatic rings. The highest BCUT2D eigenvalue weighted by molar-refractivity contribution is 5.38. The summed E-state index contributed by atoms with van der Waals surface area (Å²) in [6, 6.07) is 15.1. The molecule has 2 rings (SSSR count). The number of aliphatic hydroxyl groups excluding tert-OH is 1. The summed E-state index contributed by atoms with van der Waals surface area (Å²) in [5.74, 6) is 0. The molecule has 17 heavy (non-hydrogen) atoms. The molecule has 0 amide bonds. The first-order chi connectivity index (χ1) is 8.18. The van der Waals surface area contributed by atoms with E-state index in [1.807, 2.05) is 18.2 Å². The van der Waals surface area contributed by atoms with E-state index in [-0.39, 0.29) is 5.69 Å². The maximum absolute atomic E-state index is 10.6. The number of nitro benzene ring substituents is 1. The Morgan fingerprint density at radius 2 is 1.65 bits per heavy atom. The standard InChI is InChI=1S/C13H11NO3/c15-13(10-5-2-1-3-6-10)11-7-4-8-12(9-11)14(16)17/h1-9,13,15H. The molecule has 1 atom stereocenters. The molecule has 0 saturated carbocycles. The van der Waals surface area contributed by atoms with Crippen LogP contribution >= 0.6 is 0 Å². The van der Waals surface area contributed by atoms with Crippen molar-refractivity contribution >= 4 is 5.69 Å². The van der Waals surface area contributed by atoms with Crippen LogP contribution in [0.25, 0.3) is 0 Å². The minimum atomic E-state index is -0.837. The van der Waals surface area contributed by atoms with Gasteiger partial charge in [0, 0.05) is 12.1 Å². The first kappa shape index (κ1) is 11.3. The van der Waals surface area contributed by atoms with Crippen molar-refractivity contribution < 1.29 is 10.0 Å². The number of hydrogen-bond donors (Lipinski definition) is 1. The van der Waals surface area contributed by atoms with Gasteiger partial charge in [0.2, 0.25) is 0 Å². The molecule has 86 valence electrons. The van der Waals surface area contributed by atoms with Crippen LogP contribution in [0, 0.1) is 10.1 Å². The third-order valence-electron chi connectivity index (χ3n) is 2.51. The van der Waals surface area contributed by atoms with E-state index in [9.17, 15) is 15.2 Å². The molecule has 1 unspecified atom stereocenters. The average molecular weight is 229 g/mol. The highest BCUT2D eigenvalue weighted by atomic mass is 16.6. The molecule has 0 fully saturated rings. The summed E-state index contributed by atoms with van der Waals surface area (Å²) in [4.78, 5) is 10.2. The van der Waals surface area contributed by atoms with Crippen LogP contribution in [0.4, 0.5) is 5.69 Å². The summed E-state index contributed by atoms with van der Waals surface area (Å²) in [6.07, 6.45) is -0.837. The molecule has 0 spiro atoms. The summed E-state index contributed by atoms with van der Waals surface area (Å²) in [6.45, 7) is 0. The van der Waals surface area contributed by atoms with Crippen molar-refractivity contribution in [2.45, 2.75) is 6.10 Å². The molecular weight excluding hydrogens is 218 g/mol. The van der Waals surface area contributed by atoms with E-state index in [4.69, 9.17) is 0 Å². The van der Waals surface area contributed by atoms with E-state index in [0.717, 1.165) is 0 Å². The molecule has 0 heterocycles. The van der Waals surface area contributed by atoms with Crippen LogP contribution in [0.3, 0.4) is 0 Å². The Kier molecular flexibility index (Phi) is 3.16. The number of nitro groups is 1. The highest BCUT2D eigenvalue weighted by Crippen LogP contribution is 2.24. The zero-order valence-electron chi connectivity index (χ0n) is 8.98. The summed E-state index contributed by atoms with van der Waals surface area (Å²) < 4.78 is 0. The molecule has 0 bridgehead atoms. The topological polar surface area (TPSA) is 63.4 Å². The van der Waals surface area contributed by atoms with Crippen LogP contribution in [-0.4, -0.2) is 10.0 Å². The van der Waals surface area contributed by atoms with Gasteiger partial charge in [-0.3, -0.25) is 10.1 Å². The molecular formula is C13H11NO3. The monoisotopic (exact) mass is 229 g/mol. The minimum Gasteiger partial charge on any atom is -0.384 e. The van der Waals surface area contributed by atoms with Gasteiger partial charge in [-0.15, -0.1) is 0 Å². The van der Waals surface area contributed by atoms with Gasteiger partial charge in [-0.1, -0.05) is 42.5 Å². The van der Waals surface area contributed by atoms with Crippen molar-refractivity contribution in [2.24, 2.45) is 0 Å². The number of aliphatic hydroxyl groups is 1. The Bertz CT molecular complexity index is 525. The van der Waals surface area contributed by atoms with Gasteiger partial charge in [-0.05, 0) is 11.1 Å². The third-order valence-corrected chi connectivity index (χ3v) is 2.51. The summed E-state index contributed by atoms with van der Waals surface area (Å²) >= 11 is 0. The van der Waals surface area contributed by atoms with Crippen molar-refractivity contribution in [1.82, 2.24) is 0 Å². The Morgan fingerprint density at radius 1 is 1.00 bits per heavy atom. The fourth-order valence-corrected chi connectivity index (χ4v) is 1.64. The largest absolute Gasteiger partial charge is 0.384 e. The smallest absolute Gasteiger partial charge is 0.269 e. The van der Waals surface area contributed by atoms with Crippen LogP contribution in [0.2, 0.25) is 0 Å². The maximum atomic E-state index is 10.6. The molecule has 1 N–H and O–H groups in total. The van der Waals surface area contributed by atoms with Gasteiger partial charge < -0.3 is 5.11 Å². The van der Waals surface area contributed by atoms with Crippen LogP contribution < -0.4 is 0 Å². The minimum absolute atomic E-state index is 0.0162. The Balaban J connectivity index is 2.34. The lowest BCUT2D eigenvalue weighted by Crippen LogP contribution is -2.00. The van der Waals surface area contributed by atoms with E-state index in [2.05, 4.69) is 0 Å². The predicted octanol–water partition coefficient (Wildman–Crippen LogP) is 2.68. The van der Waals surface area contributed by atoms with Gasteiger partial charge >= 0.3 is 0 Å². The Morgan fingerprint density at radius 3 is 2.29 bits per heavy atom. The molecule has 0 aliphatic carbocycles.